The number of carbonyl (C=O) groups excluding carboxylic acids is 1. The van der Waals surface area contributed by atoms with E-state index in [0.717, 1.165) is 0 Å². The van der Waals surface area contributed by atoms with Crippen LogP contribution in [0.15, 0.2) is 12.2 Å². The summed E-state index contributed by atoms with van der Waals surface area (Å²) in [6.07, 6.45) is 4.09. The molecule has 0 bridgehead atoms. The van der Waals surface area contributed by atoms with Crippen molar-refractivity contribution in [1.82, 2.24) is 0 Å². The summed E-state index contributed by atoms with van der Waals surface area (Å²) in [5.74, 6) is -0.267. The summed E-state index contributed by atoms with van der Waals surface area (Å²) >= 11 is 0. The van der Waals surface area contributed by atoms with E-state index >= 15 is 0 Å². The van der Waals surface area contributed by atoms with Crippen molar-refractivity contribution in [2.75, 3.05) is 13.7 Å². The van der Waals surface area contributed by atoms with Crippen molar-refractivity contribution in [3.05, 3.63) is 12.2 Å². The van der Waals surface area contributed by atoms with E-state index in [4.69, 9.17) is 5.11 Å². The van der Waals surface area contributed by atoms with Crippen LogP contribution in [0.25, 0.3) is 0 Å². The van der Waals surface area contributed by atoms with Crippen LogP contribution in [0.5, 0.6) is 0 Å². The smallest absolute Gasteiger partial charge is 0.315 e. The Kier molecular flexibility index (Phi) is 4.59. The lowest BCUT2D eigenvalue weighted by molar-refractivity contribution is -0.148. The summed E-state index contributed by atoms with van der Waals surface area (Å²) < 4.78 is 4.59. The zero-order valence-corrected chi connectivity index (χ0v) is 7.83. The number of hydrogen-bond donors (Lipinski definition) is 1. The highest BCUT2D eigenvalue weighted by Crippen LogP contribution is 2.18. The molecule has 0 atom stereocenters. The molecule has 70 valence electrons. The minimum absolute atomic E-state index is 0.105. The number of methoxy groups -OCH3 is 1. The lowest BCUT2D eigenvalue weighted by Gasteiger charge is -2.16. The standard InChI is InChI=1S/C9H16O3/c1-9(2,8(11)12-3)6-4-5-7-10/h4,6,10H,5,7H2,1-3H3/b6-4+. The summed E-state index contributed by atoms with van der Waals surface area (Å²) in [5, 5.41) is 8.49. The molecule has 12 heavy (non-hydrogen) atoms. The third-order valence-corrected chi connectivity index (χ3v) is 1.54. The van der Waals surface area contributed by atoms with E-state index in [-0.39, 0.29) is 12.6 Å². The first-order chi connectivity index (χ1) is 5.54. The lowest BCUT2D eigenvalue weighted by Crippen LogP contribution is -2.22. The minimum atomic E-state index is -0.593. The van der Waals surface area contributed by atoms with E-state index in [1.54, 1.807) is 26.0 Å². The topological polar surface area (TPSA) is 46.5 Å². The number of aliphatic hydroxyl groups is 1. The molecule has 0 aromatic rings. The van der Waals surface area contributed by atoms with Gasteiger partial charge in [-0.15, -0.1) is 0 Å². The number of rotatable bonds is 4. The Hall–Kier alpha value is -0.830. The fourth-order valence-electron chi connectivity index (χ4n) is 0.784. The van der Waals surface area contributed by atoms with E-state index in [9.17, 15) is 4.79 Å². The van der Waals surface area contributed by atoms with Crippen LogP contribution in [0.2, 0.25) is 0 Å². The van der Waals surface area contributed by atoms with Crippen molar-refractivity contribution in [3.63, 3.8) is 0 Å². The van der Waals surface area contributed by atoms with E-state index < -0.39 is 5.41 Å². The van der Waals surface area contributed by atoms with Crippen molar-refractivity contribution in [2.45, 2.75) is 20.3 Å². The molecule has 0 aliphatic rings. The lowest BCUT2D eigenvalue weighted by atomic mass is 9.93. The van der Waals surface area contributed by atoms with Crippen molar-refractivity contribution in [3.8, 4) is 0 Å². The van der Waals surface area contributed by atoms with Crippen LogP contribution in [-0.4, -0.2) is 24.8 Å². The summed E-state index contributed by atoms with van der Waals surface area (Å²) in [6, 6.07) is 0. The minimum Gasteiger partial charge on any atom is -0.468 e. The van der Waals surface area contributed by atoms with E-state index in [0.29, 0.717) is 6.42 Å². The first kappa shape index (κ1) is 11.2. The van der Waals surface area contributed by atoms with Gasteiger partial charge >= 0.3 is 5.97 Å². The molecule has 0 saturated carbocycles. The summed E-state index contributed by atoms with van der Waals surface area (Å²) in [5.41, 5.74) is -0.593. The Bertz CT molecular complexity index is 171. The van der Waals surface area contributed by atoms with Gasteiger partial charge in [-0.05, 0) is 20.3 Å². The predicted molar refractivity (Wildman–Crippen MR) is 46.6 cm³/mol. The highest BCUT2D eigenvalue weighted by Gasteiger charge is 2.24. The Morgan fingerprint density at radius 1 is 1.58 bits per heavy atom. The van der Waals surface area contributed by atoms with Crippen LogP contribution in [0.4, 0.5) is 0 Å². The van der Waals surface area contributed by atoms with Gasteiger partial charge in [0.05, 0.1) is 12.5 Å². The number of esters is 1. The number of hydrogen-bond acceptors (Lipinski definition) is 3. The molecule has 0 rings (SSSR count). The largest absolute Gasteiger partial charge is 0.468 e. The molecule has 0 saturated heterocycles. The summed E-state index contributed by atoms with van der Waals surface area (Å²) in [6.45, 7) is 3.65. The molecular weight excluding hydrogens is 156 g/mol. The van der Waals surface area contributed by atoms with Crippen molar-refractivity contribution >= 4 is 5.97 Å². The average Bonchev–Trinajstić information content (AvgIpc) is 2.03. The second-order valence-corrected chi connectivity index (χ2v) is 3.13. The first-order valence-electron chi connectivity index (χ1n) is 3.91. The Morgan fingerprint density at radius 2 is 2.17 bits per heavy atom. The highest BCUT2D eigenvalue weighted by atomic mass is 16.5. The molecule has 0 spiro atoms. The summed E-state index contributed by atoms with van der Waals surface area (Å²) in [4.78, 5) is 11.1. The molecule has 0 aliphatic heterocycles. The van der Waals surface area contributed by atoms with Crippen LogP contribution in [-0.2, 0) is 9.53 Å². The number of aliphatic hydroxyl groups excluding tert-OH is 1. The predicted octanol–water partition coefficient (Wildman–Crippen LogP) is 1.12. The highest BCUT2D eigenvalue weighted by molar-refractivity contribution is 5.77. The van der Waals surface area contributed by atoms with E-state index in [1.807, 2.05) is 0 Å². The van der Waals surface area contributed by atoms with Crippen molar-refractivity contribution in [1.29, 1.82) is 0 Å². The molecule has 3 nitrogen and oxygen atoms in total. The molecule has 0 aliphatic carbocycles. The fraction of sp³-hybridized carbons (Fsp3) is 0.667. The fourth-order valence-corrected chi connectivity index (χ4v) is 0.784. The third kappa shape index (κ3) is 3.53. The Balaban J connectivity index is 4.11. The van der Waals surface area contributed by atoms with Crippen LogP contribution in [0.3, 0.4) is 0 Å². The molecule has 0 radical (unpaired) electrons. The van der Waals surface area contributed by atoms with Crippen molar-refractivity contribution in [2.24, 2.45) is 5.41 Å². The number of carbonyl (C=O) groups is 1. The second kappa shape index (κ2) is 4.93. The van der Waals surface area contributed by atoms with Gasteiger partial charge in [0, 0.05) is 6.61 Å². The Labute approximate surface area is 73.0 Å². The molecule has 0 unspecified atom stereocenters. The second-order valence-electron chi connectivity index (χ2n) is 3.13. The monoisotopic (exact) mass is 172 g/mol. The van der Waals surface area contributed by atoms with Gasteiger partial charge in [0.15, 0.2) is 0 Å². The molecule has 0 fully saturated rings. The van der Waals surface area contributed by atoms with Gasteiger partial charge in [0.1, 0.15) is 0 Å². The molecule has 0 heterocycles. The maximum atomic E-state index is 11.1. The van der Waals surface area contributed by atoms with Crippen LogP contribution in [0.1, 0.15) is 20.3 Å². The SMILES string of the molecule is COC(=O)C(C)(C)/C=C/CCO. The maximum Gasteiger partial charge on any atom is 0.315 e. The van der Waals surface area contributed by atoms with Gasteiger partial charge in [-0.1, -0.05) is 12.2 Å². The van der Waals surface area contributed by atoms with Crippen LogP contribution >= 0.6 is 0 Å². The van der Waals surface area contributed by atoms with Gasteiger partial charge in [-0.2, -0.15) is 0 Å². The molecule has 0 aromatic heterocycles. The van der Waals surface area contributed by atoms with Crippen LogP contribution < -0.4 is 0 Å². The van der Waals surface area contributed by atoms with Crippen LogP contribution in [0, 0.1) is 5.41 Å². The quantitative estimate of drug-likeness (QED) is 0.510. The molecule has 0 amide bonds. The average molecular weight is 172 g/mol. The van der Waals surface area contributed by atoms with Gasteiger partial charge < -0.3 is 9.84 Å². The molecule has 3 heteroatoms. The van der Waals surface area contributed by atoms with E-state index in [1.165, 1.54) is 7.11 Å². The molecule has 0 aromatic carbocycles. The van der Waals surface area contributed by atoms with Gasteiger partial charge in [-0.3, -0.25) is 4.79 Å². The van der Waals surface area contributed by atoms with Gasteiger partial charge in [0.2, 0.25) is 0 Å². The zero-order chi connectivity index (χ0) is 9.61. The maximum absolute atomic E-state index is 11.1. The third-order valence-electron chi connectivity index (χ3n) is 1.54. The van der Waals surface area contributed by atoms with Gasteiger partial charge in [0.25, 0.3) is 0 Å². The van der Waals surface area contributed by atoms with E-state index in [2.05, 4.69) is 4.74 Å². The normalized spacial score (nSPS) is 12.0. The number of ether oxygens (including phenoxy) is 1. The zero-order valence-electron chi connectivity index (χ0n) is 7.83. The Morgan fingerprint density at radius 3 is 2.58 bits per heavy atom. The van der Waals surface area contributed by atoms with Crippen molar-refractivity contribution < 1.29 is 14.6 Å². The summed E-state index contributed by atoms with van der Waals surface area (Å²) in [7, 11) is 1.37. The first-order valence-corrected chi connectivity index (χ1v) is 3.91. The molecule has 1 N–H and O–H groups in total. The molecular formula is C9H16O3. The van der Waals surface area contributed by atoms with Gasteiger partial charge in [-0.25, -0.2) is 0 Å².